The number of carbonyl (C=O) groups is 2. The fourth-order valence-electron chi connectivity index (χ4n) is 3.25. The number of aromatic nitrogens is 4. The topological polar surface area (TPSA) is 117 Å². The predicted molar refractivity (Wildman–Crippen MR) is 124 cm³/mol. The van der Waals surface area contributed by atoms with E-state index in [2.05, 4.69) is 15.4 Å². The van der Waals surface area contributed by atoms with Gasteiger partial charge in [0.2, 0.25) is 5.91 Å². The Kier molecular flexibility index (Phi) is 6.22. The van der Waals surface area contributed by atoms with Crippen molar-refractivity contribution >= 4 is 39.9 Å². The molecule has 1 N–H and O–H groups in total. The van der Waals surface area contributed by atoms with Crippen molar-refractivity contribution in [2.45, 2.75) is 13.5 Å². The Morgan fingerprint density at radius 3 is 2.67 bits per heavy atom. The maximum Gasteiger partial charge on any atom is 0.350 e. The van der Waals surface area contributed by atoms with Crippen molar-refractivity contribution in [3.8, 4) is 16.2 Å². The standard InChI is InChI=1S/C22H21N5O5S/c1-4-32-22(30)19-16(9-17(33-19)13-5-7-14(31-3)8-6-13)25-18(28)11-27-12-23-20-15(21(27)29)10-24-26(20)2/h5-10,12H,4,11H2,1-3H3,(H,25,28). The summed E-state index contributed by atoms with van der Waals surface area (Å²) in [6.07, 6.45) is 2.71. The number of rotatable bonds is 7. The van der Waals surface area contributed by atoms with Crippen molar-refractivity contribution in [1.82, 2.24) is 19.3 Å². The highest BCUT2D eigenvalue weighted by molar-refractivity contribution is 7.18. The van der Waals surface area contributed by atoms with Gasteiger partial charge in [-0.3, -0.25) is 18.8 Å². The monoisotopic (exact) mass is 467 g/mol. The number of hydrogen-bond donors (Lipinski definition) is 1. The number of hydrogen-bond acceptors (Lipinski definition) is 8. The largest absolute Gasteiger partial charge is 0.497 e. The molecule has 4 aromatic rings. The highest BCUT2D eigenvalue weighted by Gasteiger charge is 2.21. The summed E-state index contributed by atoms with van der Waals surface area (Å²) in [5, 5.41) is 7.06. The summed E-state index contributed by atoms with van der Waals surface area (Å²) >= 11 is 1.21. The van der Waals surface area contributed by atoms with Crippen LogP contribution in [0.5, 0.6) is 5.75 Å². The van der Waals surface area contributed by atoms with Crippen molar-refractivity contribution in [1.29, 1.82) is 0 Å². The van der Waals surface area contributed by atoms with Gasteiger partial charge in [0.05, 0.1) is 25.6 Å². The SMILES string of the molecule is CCOC(=O)c1sc(-c2ccc(OC)cc2)cc1NC(=O)Cn1cnc2c(cnn2C)c1=O. The lowest BCUT2D eigenvalue weighted by atomic mass is 10.2. The third-order valence-electron chi connectivity index (χ3n) is 4.87. The molecule has 0 atom stereocenters. The fourth-order valence-corrected chi connectivity index (χ4v) is 4.27. The summed E-state index contributed by atoms with van der Waals surface area (Å²) in [6, 6.07) is 9.05. The highest BCUT2D eigenvalue weighted by Crippen LogP contribution is 2.36. The van der Waals surface area contributed by atoms with Crippen molar-refractivity contribution in [2.75, 3.05) is 19.0 Å². The van der Waals surface area contributed by atoms with Gasteiger partial charge in [0.15, 0.2) is 5.65 Å². The number of benzene rings is 1. The zero-order valence-electron chi connectivity index (χ0n) is 18.2. The highest BCUT2D eigenvalue weighted by atomic mass is 32.1. The van der Waals surface area contributed by atoms with Crippen LogP contribution < -0.4 is 15.6 Å². The Bertz CT molecular complexity index is 1390. The van der Waals surface area contributed by atoms with Gasteiger partial charge in [0, 0.05) is 11.9 Å². The molecule has 3 heterocycles. The quantitative estimate of drug-likeness (QED) is 0.415. The third-order valence-corrected chi connectivity index (χ3v) is 6.04. The summed E-state index contributed by atoms with van der Waals surface area (Å²) in [7, 11) is 3.26. The number of amides is 1. The minimum atomic E-state index is -0.534. The molecular formula is C22H21N5O5S. The fraction of sp³-hybridized carbons (Fsp3) is 0.227. The Hall–Kier alpha value is -3.99. The van der Waals surface area contributed by atoms with E-state index in [0.29, 0.717) is 22.5 Å². The molecule has 1 amide bonds. The number of ether oxygens (including phenoxy) is 2. The Balaban J connectivity index is 1.61. The van der Waals surface area contributed by atoms with Crippen LogP contribution in [0.3, 0.4) is 0 Å². The first kappa shape index (κ1) is 22.2. The van der Waals surface area contributed by atoms with Gasteiger partial charge in [-0.05, 0) is 42.8 Å². The summed E-state index contributed by atoms with van der Waals surface area (Å²) in [6.45, 7) is 1.64. The van der Waals surface area contributed by atoms with Crippen molar-refractivity contribution in [3.63, 3.8) is 0 Å². The van der Waals surface area contributed by atoms with E-state index >= 15 is 0 Å². The van der Waals surface area contributed by atoms with Gasteiger partial charge in [-0.25, -0.2) is 9.78 Å². The molecule has 3 aromatic heterocycles. The Morgan fingerprint density at radius 2 is 1.97 bits per heavy atom. The van der Waals surface area contributed by atoms with E-state index in [1.54, 1.807) is 27.1 Å². The third kappa shape index (κ3) is 4.48. The lowest BCUT2D eigenvalue weighted by Gasteiger charge is -2.08. The van der Waals surface area contributed by atoms with Crippen LogP contribution in [0.1, 0.15) is 16.6 Å². The second-order valence-corrected chi connectivity index (χ2v) is 8.09. The average Bonchev–Trinajstić information content (AvgIpc) is 3.40. The Labute approximate surface area is 192 Å². The lowest BCUT2D eigenvalue weighted by Crippen LogP contribution is -2.28. The van der Waals surface area contributed by atoms with Gasteiger partial charge in [0.1, 0.15) is 28.9 Å². The molecule has 0 fully saturated rings. The van der Waals surface area contributed by atoms with E-state index in [1.807, 2.05) is 24.3 Å². The number of aryl methyl sites for hydroxylation is 1. The second-order valence-electron chi connectivity index (χ2n) is 7.03. The van der Waals surface area contributed by atoms with E-state index in [-0.39, 0.29) is 23.6 Å². The number of fused-ring (bicyclic) bond motifs is 1. The Morgan fingerprint density at radius 1 is 1.21 bits per heavy atom. The zero-order valence-corrected chi connectivity index (χ0v) is 19.0. The molecule has 0 aliphatic carbocycles. The molecule has 10 nitrogen and oxygen atoms in total. The molecule has 0 aliphatic rings. The molecule has 0 spiro atoms. The number of nitrogens with one attached hydrogen (secondary N) is 1. The minimum absolute atomic E-state index is 0.203. The molecule has 0 aliphatic heterocycles. The smallest absolute Gasteiger partial charge is 0.350 e. The molecular weight excluding hydrogens is 446 g/mol. The summed E-state index contributed by atoms with van der Waals surface area (Å²) in [5.74, 6) is -0.306. The van der Waals surface area contributed by atoms with E-state index in [9.17, 15) is 14.4 Å². The molecule has 0 radical (unpaired) electrons. The molecule has 0 bridgehead atoms. The van der Waals surface area contributed by atoms with Gasteiger partial charge in [-0.1, -0.05) is 0 Å². The molecule has 33 heavy (non-hydrogen) atoms. The minimum Gasteiger partial charge on any atom is -0.497 e. The van der Waals surface area contributed by atoms with E-state index in [0.717, 1.165) is 10.4 Å². The van der Waals surface area contributed by atoms with Crippen LogP contribution in [-0.2, 0) is 23.1 Å². The first-order valence-corrected chi connectivity index (χ1v) is 10.8. The van der Waals surface area contributed by atoms with Gasteiger partial charge in [-0.15, -0.1) is 11.3 Å². The molecule has 0 saturated heterocycles. The second kappa shape index (κ2) is 9.25. The summed E-state index contributed by atoms with van der Waals surface area (Å²) in [5.41, 5.74) is 1.23. The van der Waals surface area contributed by atoms with E-state index < -0.39 is 11.9 Å². The molecule has 170 valence electrons. The van der Waals surface area contributed by atoms with Crippen molar-refractivity contribution in [2.24, 2.45) is 7.05 Å². The normalized spacial score (nSPS) is 10.9. The van der Waals surface area contributed by atoms with Gasteiger partial charge in [0.25, 0.3) is 5.56 Å². The van der Waals surface area contributed by atoms with E-state index in [4.69, 9.17) is 9.47 Å². The number of nitrogens with zero attached hydrogens (tertiary/aromatic N) is 4. The molecule has 0 saturated carbocycles. The number of thiophene rings is 1. The van der Waals surface area contributed by atoms with Crippen LogP contribution >= 0.6 is 11.3 Å². The van der Waals surface area contributed by atoms with Crippen molar-refractivity contribution in [3.05, 3.63) is 58.1 Å². The predicted octanol–water partition coefficient (Wildman–Crippen LogP) is 2.68. The number of carbonyl (C=O) groups excluding carboxylic acids is 2. The average molecular weight is 468 g/mol. The maximum absolute atomic E-state index is 12.8. The van der Waals surface area contributed by atoms with Crippen LogP contribution in [-0.4, -0.2) is 44.9 Å². The van der Waals surface area contributed by atoms with Crippen LogP contribution in [0, 0.1) is 0 Å². The first-order chi connectivity index (χ1) is 15.9. The summed E-state index contributed by atoms with van der Waals surface area (Å²) < 4.78 is 13.0. The molecule has 11 heteroatoms. The summed E-state index contributed by atoms with van der Waals surface area (Å²) in [4.78, 5) is 43.1. The molecule has 0 unspecified atom stereocenters. The van der Waals surface area contributed by atoms with Crippen LogP contribution in [0.4, 0.5) is 5.69 Å². The van der Waals surface area contributed by atoms with Gasteiger partial charge >= 0.3 is 5.97 Å². The molecule has 4 rings (SSSR count). The lowest BCUT2D eigenvalue weighted by molar-refractivity contribution is -0.116. The van der Waals surface area contributed by atoms with Crippen LogP contribution in [0.15, 0.2) is 47.7 Å². The first-order valence-electron chi connectivity index (χ1n) is 10.0. The number of anilines is 1. The zero-order chi connectivity index (χ0) is 23.5. The van der Waals surface area contributed by atoms with E-state index in [1.165, 1.54) is 33.1 Å². The maximum atomic E-state index is 12.8. The van der Waals surface area contributed by atoms with Gasteiger partial charge < -0.3 is 14.8 Å². The van der Waals surface area contributed by atoms with Crippen LogP contribution in [0.25, 0.3) is 21.5 Å². The number of esters is 1. The molecule has 1 aromatic carbocycles. The number of methoxy groups -OCH3 is 1. The van der Waals surface area contributed by atoms with Crippen molar-refractivity contribution < 1.29 is 19.1 Å². The van der Waals surface area contributed by atoms with Gasteiger partial charge in [-0.2, -0.15) is 5.10 Å². The van der Waals surface area contributed by atoms with Crippen LogP contribution in [0.2, 0.25) is 0 Å².